The minimum absolute atomic E-state index is 0.0484. The molecule has 2 aliphatic rings. The molecule has 0 spiro atoms. The van der Waals surface area contributed by atoms with Crippen LogP contribution < -0.4 is 9.64 Å². The summed E-state index contributed by atoms with van der Waals surface area (Å²) in [6.45, 7) is 10.1. The third-order valence-electron chi connectivity index (χ3n) is 9.45. The van der Waals surface area contributed by atoms with Crippen LogP contribution in [0.1, 0.15) is 18.9 Å². The Morgan fingerprint density at radius 3 is 2.49 bits per heavy atom. The standard InChI is InChI=1S/C34H43ClN8O9.CO2/c1-20-8-10-42(27(45)15-36-2)16-24(20)41(5)30-22-9-11-43(31(22)38-19-37-30)33(48)39(3)12-13-40(4)34(49)51-17-21-6-7-26(23(35)14-21)52-32-29(47)28(46)25(44)18-50-32;2-1-3/h6-7,9,11,14,19-20,24-25,28-29,32,44,46-47H,8,10,12-13,15-18H2,1,3-5H3;/t20-,24+,25-,28+,29-,32+;/m1./s1. The van der Waals surface area contributed by atoms with Crippen molar-refractivity contribution in [3.63, 3.8) is 0 Å². The monoisotopic (exact) mass is 786 g/mol. The number of amides is 3. The van der Waals surface area contributed by atoms with Crippen molar-refractivity contribution in [2.45, 2.75) is 50.6 Å². The van der Waals surface area contributed by atoms with Crippen LogP contribution in [0.2, 0.25) is 5.02 Å². The highest BCUT2D eigenvalue weighted by molar-refractivity contribution is 6.32. The molecule has 20 heteroatoms. The van der Waals surface area contributed by atoms with E-state index in [1.807, 2.05) is 11.9 Å². The highest BCUT2D eigenvalue weighted by Gasteiger charge is 2.39. The molecule has 0 bridgehead atoms. The number of carbonyl (C=O) groups is 3. The zero-order valence-corrected chi connectivity index (χ0v) is 31.4. The molecule has 55 heavy (non-hydrogen) atoms. The summed E-state index contributed by atoms with van der Waals surface area (Å²) in [5.41, 5.74) is 0.974. The SMILES string of the molecule is O=C=O.[C-]#[N+]CC(=O)N1CC[C@@H](C)[C@@H](N(C)c2ncnc3c2ccn3C(=O)N(C)CCN(C)C(=O)OCc2ccc(O[C@@H]3OC[C@@H](O)[C@H](O)[C@H]3O)c(Cl)c2)C1. The maximum Gasteiger partial charge on any atom is 0.409 e. The minimum Gasteiger partial charge on any atom is -0.460 e. The number of likely N-dealkylation sites (tertiary alicyclic amines) is 1. The van der Waals surface area contributed by atoms with Gasteiger partial charge >= 0.3 is 24.2 Å². The van der Waals surface area contributed by atoms with E-state index in [0.717, 1.165) is 6.42 Å². The van der Waals surface area contributed by atoms with E-state index in [1.54, 1.807) is 37.3 Å². The van der Waals surface area contributed by atoms with Crippen LogP contribution in [0.4, 0.5) is 15.4 Å². The molecule has 0 saturated carbocycles. The van der Waals surface area contributed by atoms with Crippen molar-refractivity contribution >= 4 is 52.6 Å². The second-order valence-electron chi connectivity index (χ2n) is 13.1. The number of hydrogen-bond donors (Lipinski definition) is 3. The number of ether oxygens (including phenoxy) is 3. The number of benzene rings is 1. The number of anilines is 1. The number of likely N-dealkylation sites (N-methyl/N-ethyl adjacent to an activating group) is 3. The van der Waals surface area contributed by atoms with E-state index in [-0.39, 0.29) is 73.7 Å². The molecular formula is C35H43ClN8O11. The lowest BCUT2D eigenvalue weighted by molar-refractivity contribution is -0.242. The van der Waals surface area contributed by atoms with Crippen molar-refractivity contribution in [2.24, 2.45) is 5.92 Å². The average Bonchev–Trinajstić information content (AvgIpc) is 3.61. The van der Waals surface area contributed by atoms with Gasteiger partial charge in [-0.1, -0.05) is 24.6 Å². The summed E-state index contributed by atoms with van der Waals surface area (Å²) in [5, 5.41) is 30.4. The number of piperidine rings is 1. The number of fused-ring (bicyclic) bond motifs is 1. The second kappa shape index (κ2) is 19.3. The van der Waals surface area contributed by atoms with Gasteiger partial charge < -0.3 is 54.0 Å². The average molecular weight is 787 g/mol. The highest BCUT2D eigenvalue weighted by atomic mass is 35.5. The summed E-state index contributed by atoms with van der Waals surface area (Å²) in [6.07, 6.45) is -1.94. The zero-order valence-electron chi connectivity index (χ0n) is 30.6. The van der Waals surface area contributed by atoms with Crippen molar-refractivity contribution in [1.29, 1.82) is 0 Å². The number of halogens is 1. The summed E-state index contributed by atoms with van der Waals surface area (Å²) in [5.74, 6) is 0.859. The van der Waals surface area contributed by atoms with Crippen LogP contribution >= 0.6 is 11.6 Å². The van der Waals surface area contributed by atoms with Crippen LogP contribution in [0.5, 0.6) is 5.75 Å². The Balaban J connectivity index is 0.00000217. The molecule has 0 aliphatic carbocycles. The van der Waals surface area contributed by atoms with Gasteiger partial charge in [-0.25, -0.2) is 26.1 Å². The fourth-order valence-corrected chi connectivity index (χ4v) is 6.39. The van der Waals surface area contributed by atoms with Gasteiger partial charge in [-0.15, -0.1) is 0 Å². The van der Waals surface area contributed by atoms with Gasteiger partial charge in [0.1, 0.15) is 42.8 Å². The van der Waals surface area contributed by atoms with Gasteiger partial charge in [0.15, 0.2) is 5.65 Å². The predicted molar refractivity (Wildman–Crippen MR) is 193 cm³/mol. The molecule has 0 radical (unpaired) electrons. The Morgan fingerprint density at radius 2 is 1.80 bits per heavy atom. The van der Waals surface area contributed by atoms with E-state index in [9.17, 15) is 29.7 Å². The van der Waals surface area contributed by atoms with Crippen LogP contribution in [0.15, 0.2) is 36.8 Å². The number of aliphatic hydroxyl groups excluding tert-OH is 3. The first-order valence-electron chi connectivity index (χ1n) is 17.1. The summed E-state index contributed by atoms with van der Waals surface area (Å²) < 4.78 is 17.7. The van der Waals surface area contributed by atoms with Gasteiger partial charge in [-0.2, -0.15) is 9.59 Å². The summed E-state index contributed by atoms with van der Waals surface area (Å²) >= 11 is 6.33. The molecule has 4 heterocycles. The third kappa shape index (κ3) is 10.2. The first kappa shape index (κ1) is 42.4. The molecule has 2 saturated heterocycles. The van der Waals surface area contributed by atoms with E-state index < -0.39 is 30.7 Å². The van der Waals surface area contributed by atoms with Gasteiger partial charge in [-0.05, 0) is 36.1 Å². The van der Waals surface area contributed by atoms with E-state index in [1.165, 1.54) is 32.8 Å². The Hall–Kier alpha value is -5.35. The molecule has 296 valence electrons. The van der Waals surface area contributed by atoms with Crippen LogP contribution in [0.25, 0.3) is 15.9 Å². The molecule has 3 aromatic rings. The van der Waals surface area contributed by atoms with E-state index in [2.05, 4.69) is 21.7 Å². The topological polar surface area (TPSA) is 222 Å². The van der Waals surface area contributed by atoms with Gasteiger partial charge in [0, 0.05) is 53.5 Å². The Morgan fingerprint density at radius 1 is 1.09 bits per heavy atom. The predicted octanol–water partition coefficient (Wildman–Crippen LogP) is 1.08. The van der Waals surface area contributed by atoms with Crippen molar-refractivity contribution in [3.05, 3.63) is 58.8 Å². The molecule has 3 amide bonds. The molecule has 6 atom stereocenters. The summed E-state index contributed by atoms with van der Waals surface area (Å²) in [4.78, 5) is 73.6. The fourth-order valence-electron chi connectivity index (χ4n) is 6.14. The van der Waals surface area contributed by atoms with Crippen molar-refractivity contribution in [3.8, 4) is 5.75 Å². The Kier molecular flexibility index (Phi) is 14.9. The third-order valence-corrected chi connectivity index (χ3v) is 9.74. The molecule has 3 N–H and O–H groups in total. The van der Waals surface area contributed by atoms with Gasteiger partial charge in [-0.3, -0.25) is 9.36 Å². The summed E-state index contributed by atoms with van der Waals surface area (Å²) in [6, 6.07) is 6.01. The smallest absolute Gasteiger partial charge is 0.409 e. The normalized spacial score (nSPS) is 22.0. The molecule has 0 unspecified atom stereocenters. The largest absolute Gasteiger partial charge is 0.460 e. The van der Waals surface area contributed by atoms with Crippen molar-refractivity contribution in [1.82, 2.24) is 29.2 Å². The molecule has 2 fully saturated rings. The molecular weight excluding hydrogens is 744 g/mol. The number of aromatic nitrogens is 3. The van der Waals surface area contributed by atoms with Gasteiger partial charge in [0.05, 0.1) is 23.1 Å². The first-order valence-corrected chi connectivity index (χ1v) is 17.5. The number of nitrogens with zero attached hydrogens (tertiary/aromatic N) is 8. The fraction of sp³-hybridized carbons (Fsp3) is 0.514. The molecule has 1 aromatic carbocycles. The van der Waals surface area contributed by atoms with Gasteiger partial charge in [0.2, 0.25) is 6.29 Å². The minimum atomic E-state index is -1.48. The lowest BCUT2D eigenvalue weighted by atomic mass is 9.92. The van der Waals surface area contributed by atoms with E-state index in [0.29, 0.717) is 35.5 Å². The van der Waals surface area contributed by atoms with Crippen molar-refractivity contribution in [2.75, 3.05) is 65.4 Å². The van der Waals surface area contributed by atoms with Crippen LogP contribution in [0, 0.1) is 12.5 Å². The second-order valence-corrected chi connectivity index (χ2v) is 13.5. The molecule has 2 aliphatic heterocycles. The van der Waals surface area contributed by atoms with Crippen molar-refractivity contribution < 1.29 is 53.5 Å². The maximum atomic E-state index is 13.5. The lowest BCUT2D eigenvalue weighted by Gasteiger charge is -2.41. The summed E-state index contributed by atoms with van der Waals surface area (Å²) in [7, 11) is 5.07. The zero-order chi connectivity index (χ0) is 40.4. The quantitative estimate of drug-likeness (QED) is 0.245. The Labute approximate surface area is 321 Å². The number of carbonyl (C=O) groups excluding carboxylic acids is 5. The van der Waals surface area contributed by atoms with Gasteiger partial charge in [0.25, 0.3) is 6.54 Å². The number of rotatable bonds is 10. The highest BCUT2D eigenvalue weighted by Crippen LogP contribution is 2.31. The van der Waals surface area contributed by atoms with Crippen LogP contribution in [-0.4, -0.2) is 160 Å². The van der Waals surface area contributed by atoms with E-state index in [4.69, 9.17) is 42.0 Å². The Bertz CT molecular complexity index is 1900. The maximum absolute atomic E-state index is 13.5. The molecule has 19 nitrogen and oxygen atoms in total. The molecule has 2 aromatic heterocycles. The van der Waals surface area contributed by atoms with Crippen LogP contribution in [-0.2, 0) is 30.5 Å². The van der Waals surface area contributed by atoms with Crippen LogP contribution in [0.3, 0.4) is 0 Å². The number of hydrogen-bond acceptors (Lipinski definition) is 14. The molecule has 5 rings (SSSR count). The first-order chi connectivity index (χ1) is 26.2. The lowest BCUT2D eigenvalue weighted by Crippen LogP contribution is -2.54. The van der Waals surface area contributed by atoms with E-state index >= 15 is 0 Å². The number of aliphatic hydroxyl groups is 3.